The van der Waals surface area contributed by atoms with Crippen LogP contribution in [-0.2, 0) is 0 Å². The van der Waals surface area contributed by atoms with Crippen LogP contribution in [0.2, 0.25) is 0 Å². The summed E-state index contributed by atoms with van der Waals surface area (Å²) in [7, 11) is 0. The van der Waals surface area contributed by atoms with Crippen LogP contribution in [0.5, 0.6) is 0 Å². The number of hydrogen-bond acceptors (Lipinski definition) is 6. The van der Waals surface area contributed by atoms with Crippen molar-refractivity contribution in [3.05, 3.63) is 59.4 Å². The Kier molecular flexibility index (Phi) is 4.71. The Hall–Kier alpha value is -2.67. The maximum absolute atomic E-state index is 12.7. The van der Waals surface area contributed by atoms with Crippen molar-refractivity contribution in [2.24, 2.45) is 0 Å². The van der Waals surface area contributed by atoms with E-state index in [1.165, 1.54) is 11.5 Å². The summed E-state index contributed by atoms with van der Waals surface area (Å²) in [5, 5.41) is 1.81. The van der Waals surface area contributed by atoms with Crippen molar-refractivity contribution < 1.29 is 4.79 Å². The van der Waals surface area contributed by atoms with Crippen LogP contribution in [0.3, 0.4) is 0 Å². The van der Waals surface area contributed by atoms with Crippen LogP contribution in [0.1, 0.15) is 40.6 Å². The molecule has 132 valence electrons. The molecule has 0 saturated carbocycles. The number of hydrogen-bond donors (Lipinski definition) is 0. The molecule has 7 heteroatoms. The van der Waals surface area contributed by atoms with Crippen molar-refractivity contribution in [2.75, 3.05) is 13.1 Å². The summed E-state index contributed by atoms with van der Waals surface area (Å²) in [5.74, 6) is 1.01. The molecule has 0 aromatic carbocycles. The summed E-state index contributed by atoms with van der Waals surface area (Å²) in [5.41, 5.74) is 3.77. The number of nitrogens with zero attached hydrogens (tertiary/aromatic N) is 5. The summed E-state index contributed by atoms with van der Waals surface area (Å²) in [6.45, 7) is 3.35. The van der Waals surface area contributed by atoms with Gasteiger partial charge in [0.2, 0.25) is 0 Å². The van der Waals surface area contributed by atoms with Crippen molar-refractivity contribution in [3.63, 3.8) is 0 Å². The number of pyridine rings is 1. The molecule has 3 aromatic rings. The molecule has 1 amide bonds. The number of rotatable bonds is 3. The van der Waals surface area contributed by atoms with Crippen molar-refractivity contribution >= 4 is 17.4 Å². The van der Waals surface area contributed by atoms with Gasteiger partial charge in [0.15, 0.2) is 0 Å². The van der Waals surface area contributed by atoms with Crippen LogP contribution >= 0.6 is 11.5 Å². The fraction of sp³-hybridized carbons (Fsp3) is 0.316. The zero-order valence-corrected chi connectivity index (χ0v) is 15.3. The second-order valence-electron chi connectivity index (χ2n) is 6.46. The van der Waals surface area contributed by atoms with Gasteiger partial charge in [-0.15, -0.1) is 0 Å². The van der Waals surface area contributed by atoms with Crippen LogP contribution in [-0.4, -0.2) is 43.2 Å². The Balaban J connectivity index is 1.65. The average Bonchev–Trinajstić information content (AvgIpc) is 3.23. The van der Waals surface area contributed by atoms with Gasteiger partial charge in [-0.25, -0.2) is 14.3 Å². The number of carbonyl (C=O) groups is 1. The Labute approximate surface area is 156 Å². The highest BCUT2D eigenvalue weighted by Crippen LogP contribution is 2.33. The fourth-order valence-corrected chi connectivity index (χ4v) is 3.94. The van der Waals surface area contributed by atoms with E-state index in [1.54, 1.807) is 18.6 Å². The van der Waals surface area contributed by atoms with E-state index in [-0.39, 0.29) is 11.8 Å². The molecule has 0 bridgehead atoms. The highest BCUT2D eigenvalue weighted by molar-refractivity contribution is 7.03. The predicted molar refractivity (Wildman–Crippen MR) is 100.0 cm³/mol. The van der Waals surface area contributed by atoms with Gasteiger partial charge in [-0.1, -0.05) is 0 Å². The average molecular weight is 365 g/mol. The molecule has 1 aliphatic heterocycles. The third-order valence-corrected chi connectivity index (χ3v) is 5.29. The number of piperidine rings is 1. The van der Waals surface area contributed by atoms with E-state index in [0.29, 0.717) is 12.1 Å². The molecule has 4 rings (SSSR count). The molecule has 1 fully saturated rings. The highest BCUT2D eigenvalue weighted by atomic mass is 32.1. The maximum Gasteiger partial charge on any atom is 0.256 e. The highest BCUT2D eigenvalue weighted by Gasteiger charge is 2.28. The topological polar surface area (TPSA) is 71.9 Å². The molecule has 0 radical (unpaired) electrons. The van der Waals surface area contributed by atoms with E-state index in [1.807, 2.05) is 35.5 Å². The van der Waals surface area contributed by atoms with Crippen LogP contribution in [0.15, 0.2) is 42.3 Å². The van der Waals surface area contributed by atoms with Crippen LogP contribution in [0.4, 0.5) is 0 Å². The lowest BCUT2D eigenvalue weighted by Gasteiger charge is -2.33. The minimum Gasteiger partial charge on any atom is -0.338 e. The van der Waals surface area contributed by atoms with Crippen molar-refractivity contribution in [1.29, 1.82) is 0 Å². The monoisotopic (exact) mass is 365 g/mol. The summed E-state index contributed by atoms with van der Waals surface area (Å²) in [6.07, 6.45) is 9.07. The summed E-state index contributed by atoms with van der Waals surface area (Å²) >= 11 is 1.31. The summed E-state index contributed by atoms with van der Waals surface area (Å²) in [6, 6.07) is 3.95. The SMILES string of the molecule is Cc1ncc(-c2ccncc2)c([C@H]2CCCN(C(=O)c3cnsc3)C2)n1. The van der Waals surface area contributed by atoms with Gasteiger partial charge < -0.3 is 4.90 Å². The van der Waals surface area contributed by atoms with Gasteiger partial charge in [-0.2, -0.15) is 0 Å². The third kappa shape index (κ3) is 3.35. The second-order valence-corrected chi connectivity index (χ2v) is 7.11. The smallest absolute Gasteiger partial charge is 0.256 e. The molecular weight excluding hydrogens is 346 g/mol. The van der Waals surface area contributed by atoms with E-state index in [0.717, 1.165) is 42.0 Å². The van der Waals surface area contributed by atoms with E-state index in [2.05, 4.69) is 14.3 Å². The minimum absolute atomic E-state index is 0.0553. The number of amides is 1. The van der Waals surface area contributed by atoms with E-state index in [9.17, 15) is 4.79 Å². The van der Waals surface area contributed by atoms with Crippen molar-refractivity contribution in [1.82, 2.24) is 24.2 Å². The van der Waals surface area contributed by atoms with E-state index < -0.39 is 0 Å². The Bertz CT molecular complexity index is 898. The van der Waals surface area contributed by atoms with Gasteiger partial charge in [-0.05, 0) is 49.0 Å². The van der Waals surface area contributed by atoms with Gasteiger partial charge in [-0.3, -0.25) is 9.78 Å². The lowest BCUT2D eigenvalue weighted by molar-refractivity contribution is 0.0706. The molecule has 4 heterocycles. The molecule has 1 saturated heterocycles. The van der Waals surface area contributed by atoms with Crippen LogP contribution < -0.4 is 0 Å². The first kappa shape index (κ1) is 16.8. The molecule has 0 aliphatic carbocycles. The minimum atomic E-state index is 0.0553. The predicted octanol–water partition coefficient (Wildman–Crippen LogP) is 3.32. The zero-order valence-electron chi connectivity index (χ0n) is 14.5. The number of likely N-dealkylation sites (tertiary alicyclic amines) is 1. The quantitative estimate of drug-likeness (QED) is 0.712. The second kappa shape index (κ2) is 7.29. The molecule has 0 N–H and O–H groups in total. The molecule has 1 aliphatic rings. The Morgan fingerprint density at radius 2 is 2.12 bits per heavy atom. The third-order valence-electron chi connectivity index (χ3n) is 4.70. The lowest BCUT2D eigenvalue weighted by atomic mass is 9.90. The molecule has 6 nitrogen and oxygen atoms in total. The summed E-state index contributed by atoms with van der Waals surface area (Å²) in [4.78, 5) is 27.9. The molecule has 0 spiro atoms. The fourth-order valence-electron chi connectivity index (χ4n) is 3.43. The lowest BCUT2D eigenvalue weighted by Crippen LogP contribution is -2.39. The summed E-state index contributed by atoms with van der Waals surface area (Å²) < 4.78 is 4.05. The first-order chi connectivity index (χ1) is 12.7. The molecular formula is C19H19N5OS. The number of carbonyl (C=O) groups excluding carboxylic acids is 1. The first-order valence-electron chi connectivity index (χ1n) is 8.65. The Morgan fingerprint density at radius 3 is 2.88 bits per heavy atom. The van der Waals surface area contributed by atoms with Gasteiger partial charge in [0, 0.05) is 48.5 Å². The van der Waals surface area contributed by atoms with Crippen molar-refractivity contribution in [3.8, 4) is 11.1 Å². The standard InChI is InChI=1S/C19H19N5OS/c1-13-21-10-17(14-4-6-20-7-5-14)18(23-13)15-3-2-8-24(11-15)19(25)16-9-22-26-12-16/h4-7,9-10,12,15H,2-3,8,11H2,1H3/t15-/m0/s1. The number of aryl methyl sites for hydroxylation is 1. The first-order valence-corrected chi connectivity index (χ1v) is 9.48. The van der Waals surface area contributed by atoms with E-state index >= 15 is 0 Å². The Morgan fingerprint density at radius 1 is 1.27 bits per heavy atom. The number of aromatic nitrogens is 4. The van der Waals surface area contributed by atoms with E-state index in [4.69, 9.17) is 4.98 Å². The van der Waals surface area contributed by atoms with Gasteiger partial charge in [0.05, 0.1) is 17.5 Å². The van der Waals surface area contributed by atoms with Crippen molar-refractivity contribution in [2.45, 2.75) is 25.7 Å². The molecule has 1 atom stereocenters. The van der Waals surface area contributed by atoms with Gasteiger partial charge in [0.1, 0.15) is 5.82 Å². The van der Waals surface area contributed by atoms with Gasteiger partial charge >= 0.3 is 0 Å². The normalized spacial score (nSPS) is 17.3. The maximum atomic E-state index is 12.7. The van der Waals surface area contributed by atoms with Crippen LogP contribution in [0, 0.1) is 6.92 Å². The van der Waals surface area contributed by atoms with Crippen LogP contribution in [0.25, 0.3) is 11.1 Å². The zero-order chi connectivity index (χ0) is 17.9. The van der Waals surface area contributed by atoms with Gasteiger partial charge in [0.25, 0.3) is 5.91 Å². The molecule has 0 unspecified atom stereocenters. The molecule has 26 heavy (non-hydrogen) atoms. The molecule has 3 aromatic heterocycles. The largest absolute Gasteiger partial charge is 0.338 e.